The van der Waals surface area contributed by atoms with E-state index in [9.17, 15) is 9.59 Å². The third-order valence-corrected chi connectivity index (χ3v) is 6.68. The van der Waals surface area contributed by atoms with E-state index in [4.69, 9.17) is 14.2 Å². The molecule has 0 aromatic heterocycles. The van der Waals surface area contributed by atoms with Gasteiger partial charge < -0.3 is 14.2 Å². The Labute approximate surface area is 209 Å². The Morgan fingerprint density at radius 2 is 1.57 bits per heavy atom. The van der Waals surface area contributed by atoms with Crippen molar-refractivity contribution < 1.29 is 23.8 Å². The summed E-state index contributed by atoms with van der Waals surface area (Å²) in [4.78, 5) is 23.9. The number of ether oxygens (including phenoxy) is 3. The predicted molar refractivity (Wildman–Crippen MR) is 138 cm³/mol. The Morgan fingerprint density at radius 1 is 0.943 bits per heavy atom. The molecular weight excluding hydrogens is 440 g/mol. The molecule has 2 aromatic rings. The normalized spacial score (nSPS) is 19.3. The van der Waals surface area contributed by atoms with Gasteiger partial charge in [-0.2, -0.15) is 0 Å². The number of benzene rings is 2. The molecule has 1 saturated carbocycles. The molecule has 0 spiro atoms. The number of hydrogen-bond donors (Lipinski definition) is 0. The van der Waals surface area contributed by atoms with Gasteiger partial charge in [0, 0.05) is 12.5 Å². The van der Waals surface area contributed by atoms with Gasteiger partial charge in [-0.3, -0.25) is 0 Å². The van der Waals surface area contributed by atoms with Crippen LogP contribution in [-0.4, -0.2) is 24.1 Å². The van der Waals surface area contributed by atoms with Crippen LogP contribution < -0.4 is 9.47 Å². The number of hydrogen-bond acceptors (Lipinski definition) is 5. The summed E-state index contributed by atoms with van der Waals surface area (Å²) in [7, 11) is 0. The molecule has 188 valence electrons. The highest BCUT2D eigenvalue weighted by Crippen LogP contribution is 2.37. The molecule has 0 saturated heterocycles. The Kier molecular flexibility index (Phi) is 9.95. The van der Waals surface area contributed by atoms with Gasteiger partial charge >= 0.3 is 11.9 Å². The number of esters is 2. The van der Waals surface area contributed by atoms with E-state index >= 15 is 0 Å². The smallest absolute Gasteiger partial charge is 0.343 e. The predicted octanol–water partition coefficient (Wildman–Crippen LogP) is 7.25. The molecule has 1 aliphatic rings. The molecule has 1 aliphatic carbocycles. The van der Waals surface area contributed by atoms with Gasteiger partial charge in [0.05, 0.1) is 11.7 Å². The third kappa shape index (κ3) is 8.27. The Balaban J connectivity index is 1.47. The standard InChI is InChI=1S/C30H38O5/c1-5-7-23-8-10-24(11-9-23)25-12-16-28(17-13-25)35-30(32)26-14-18-27(19-15-26)33-21(3)20-22(4)34-29(31)6-2/h6,12-19,21-24H,2,5,7-11,20H2,1,3-4H3/t21-,22+,23?,24?/m0/s1. The van der Waals surface area contributed by atoms with E-state index in [1.54, 1.807) is 24.3 Å². The summed E-state index contributed by atoms with van der Waals surface area (Å²) in [5, 5.41) is 0. The second-order valence-electron chi connectivity index (χ2n) is 9.61. The molecule has 0 aliphatic heterocycles. The molecule has 1 fully saturated rings. The molecule has 3 rings (SSSR count). The van der Waals surface area contributed by atoms with E-state index in [1.165, 1.54) is 44.1 Å². The van der Waals surface area contributed by atoms with Gasteiger partial charge in [-0.1, -0.05) is 38.5 Å². The molecular formula is C30H38O5. The second kappa shape index (κ2) is 13.1. The molecule has 0 unspecified atom stereocenters. The molecule has 0 amide bonds. The third-order valence-electron chi connectivity index (χ3n) is 6.68. The van der Waals surface area contributed by atoms with Crippen LogP contribution >= 0.6 is 0 Å². The zero-order valence-electron chi connectivity index (χ0n) is 21.2. The van der Waals surface area contributed by atoms with Crippen LogP contribution in [0.5, 0.6) is 11.5 Å². The SMILES string of the molecule is C=CC(=O)O[C@H](C)C[C@H](C)Oc1ccc(C(=O)Oc2ccc(C3CCC(CCC)CC3)cc2)cc1. The van der Waals surface area contributed by atoms with Gasteiger partial charge in [-0.15, -0.1) is 0 Å². The van der Waals surface area contributed by atoms with Gasteiger partial charge in [-0.25, -0.2) is 9.59 Å². The van der Waals surface area contributed by atoms with E-state index in [0.717, 1.165) is 12.0 Å². The lowest BCUT2D eigenvalue weighted by molar-refractivity contribution is -0.143. The fourth-order valence-electron chi connectivity index (χ4n) is 4.88. The van der Waals surface area contributed by atoms with Crippen molar-refractivity contribution in [3.63, 3.8) is 0 Å². The monoisotopic (exact) mass is 478 g/mol. The Morgan fingerprint density at radius 3 is 2.17 bits per heavy atom. The molecule has 5 nitrogen and oxygen atoms in total. The summed E-state index contributed by atoms with van der Waals surface area (Å²) in [6.45, 7) is 9.38. The van der Waals surface area contributed by atoms with Crippen molar-refractivity contribution in [1.29, 1.82) is 0 Å². The lowest BCUT2D eigenvalue weighted by Crippen LogP contribution is -2.22. The van der Waals surface area contributed by atoms with Gasteiger partial charge in [0.15, 0.2) is 0 Å². The molecule has 0 bridgehead atoms. The highest BCUT2D eigenvalue weighted by atomic mass is 16.5. The summed E-state index contributed by atoms with van der Waals surface area (Å²) in [6.07, 6.45) is 8.98. The summed E-state index contributed by atoms with van der Waals surface area (Å²) < 4.78 is 16.6. The van der Waals surface area contributed by atoms with Gasteiger partial charge in [0.2, 0.25) is 0 Å². The topological polar surface area (TPSA) is 61.8 Å². The minimum Gasteiger partial charge on any atom is -0.491 e. The van der Waals surface area contributed by atoms with E-state index in [-0.39, 0.29) is 12.2 Å². The van der Waals surface area contributed by atoms with Crippen molar-refractivity contribution in [1.82, 2.24) is 0 Å². The van der Waals surface area contributed by atoms with Crippen LogP contribution in [0.2, 0.25) is 0 Å². The maximum Gasteiger partial charge on any atom is 0.343 e. The van der Waals surface area contributed by atoms with Crippen LogP contribution in [-0.2, 0) is 9.53 Å². The quantitative estimate of drug-likeness (QED) is 0.193. The minimum absolute atomic E-state index is 0.166. The van der Waals surface area contributed by atoms with Gasteiger partial charge in [0.25, 0.3) is 0 Å². The molecule has 0 heterocycles. The van der Waals surface area contributed by atoms with Gasteiger partial charge in [0.1, 0.15) is 17.6 Å². The lowest BCUT2D eigenvalue weighted by atomic mass is 9.77. The largest absolute Gasteiger partial charge is 0.491 e. The van der Waals surface area contributed by atoms with Crippen molar-refractivity contribution in [2.45, 2.75) is 83.8 Å². The molecule has 35 heavy (non-hydrogen) atoms. The van der Waals surface area contributed by atoms with Crippen LogP contribution in [0.4, 0.5) is 0 Å². The highest BCUT2D eigenvalue weighted by molar-refractivity contribution is 5.91. The summed E-state index contributed by atoms with van der Waals surface area (Å²) in [5.74, 6) is 1.84. The van der Waals surface area contributed by atoms with Crippen molar-refractivity contribution >= 4 is 11.9 Å². The molecule has 0 N–H and O–H groups in total. The van der Waals surface area contributed by atoms with Crippen LogP contribution in [0.15, 0.2) is 61.2 Å². The summed E-state index contributed by atoms with van der Waals surface area (Å²) in [5.41, 5.74) is 1.79. The van der Waals surface area contributed by atoms with E-state index in [2.05, 4.69) is 25.6 Å². The fourth-order valence-corrected chi connectivity index (χ4v) is 4.88. The molecule has 5 heteroatoms. The molecule has 0 radical (unpaired) electrons. The Hall–Kier alpha value is -3.08. The van der Waals surface area contributed by atoms with E-state index in [1.807, 2.05) is 26.0 Å². The van der Waals surface area contributed by atoms with Gasteiger partial charge in [-0.05, 0) is 93.3 Å². The maximum atomic E-state index is 12.6. The molecule has 2 atom stereocenters. The number of carbonyl (C=O) groups is 2. The van der Waals surface area contributed by atoms with Crippen molar-refractivity contribution in [2.24, 2.45) is 5.92 Å². The summed E-state index contributed by atoms with van der Waals surface area (Å²) in [6, 6.07) is 14.8. The minimum atomic E-state index is -0.447. The summed E-state index contributed by atoms with van der Waals surface area (Å²) >= 11 is 0. The average Bonchev–Trinajstić information content (AvgIpc) is 2.85. The van der Waals surface area contributed by atoms with Crippen molar-refractivity contribution in [3.8, 4) is 11.5 Å². The average molecular weight is 479 g/mol. The second-order valence-corrected chi connectivity index (χ2v) is 9.61. The van der Waals surface area contributed by atoms with Crippen molar-refractivity contribution in [3.05, 3.63) is 72.3 Å². The first-order chi connectivity index (χ1) is 16.9. The Bertz CT molecular complexity index is 955. The first kappa shape index (κ1) is 26.5. The van der Waals surface area contributed by atoms with Crippen molar-refractivity contribution in [2.75, 3.05) is 0 Å². The maximum absolute atomic E-state index is 12.6. The number of carbonyl (C=O) groups excluding carboxylic acids is 2. The first-order valence-electron chi connectivity index (χ1n) is 12.8. The first-order valence-corrected chi connectivity index (χ1v) is 12.8. The van der Waals surface area contributed by atoms with E-state index in [0.29, 0.717) is 29.4 Å². The van der Waals surface area contributed by atoms with Crippen LogP contribution in [0.25, 0.3) is 0 Å². The number of rotatable bonds is 11. The highest BCUT2D eigenvalue weighted by Gasteiger charge is 2.22. The lowest BCUT2D eigenvalue weighted by Gasteiger charge is -2.28. The van der Waals surface area contributed by atoms with Crippen LogP contribution in [0.3, 0.4) is 0 Å². The fraction of sp³-hybridized carbons (Fsp3) is 0.467. The zero-order valence-corrected chi connectivity index (χ0v) is 21.2. The van der Waals surface area contributed by atoms with Crippen LogP contribution in [0, 0.1) is 5.92 Å². The van der Waals surface area contributed by atoms with E-state index < -0.39 is 11.9 Å². The zero-order chi connectivity index (χ0) is 25.2. The molecule has 2 aromatic carbocycles. The van der Waals surface area contributed by atoms with Crippen LogP contribution in [0.1, 0.15) is 87.6 Å².